The van der Waals surface area contributed by atoms with Crippen LogP contribution in [0.25, 0.3) is 0 Å². The predicted molar refractivity (Wildman–Crippen MR) is 72.3 cm³/mol. The van der Waals surface area contributed by atoms with Crippen LogP contribution in [-0.2, 0) is 20.1 Å². The Hall–Kier alpha value is -1.35. The van der Waals surface area contributed by atoms with Gasteiger partial charge in [-0.15, -0.1) is 0 Å². The van der Waals surface area contributed by atoms with Crippen LogP contribution in [0.4, 0.5) is 0 Å². The minimum absolute atomic E-state index is 0.105. The molecule has 1 atom stereocenters. The van der Waals surface area contributed by atoms with Gasteiger partial charge in [0.15, 0.2) is 0 Å². The van der Waals surface area contributed by atoms with Crippen molar-refractivity contribution in [2.45, 2.75) is 37.5 Å². The van der Waals surface area contributed by atoms with E-state index in [-0.39, 0.29) is 12.5 Å². The number of ether oxygens (including phenoxy) is 1. The third kappa shape index (κ3) is 2.66. The molecular formula is C16H21O3. The highest BCUT2D eigenvalue weighted by atomic mass is 16.5. The number of methoxy groups -OCH3 is 1. The number of rotatable bonds is 5. The first-order valence-corrected chi connectivity index (χ1v) is 6.97. The van der Waals surface area contributed by atoms with E-state index in [1.54, 1.807) is 7.11 Å². The Morgan fingerprint density at radius 1 is 1.21 bits per heavy atom. The van der Waals surface area contributed by atoms with Crippen molar-refractivity contribution in [2.75, 3.05) is 13.7 Å². The van der Waals surface area contributed by atoms with Crippen LogP contribution in [0, 0.1) is 5.92 Å². The van der Waals surface area contributed by atoms with Crippen molar-refractivity contribution in [1.82, 2.24) is 0 Å². The minimum atomic E-state index is -1.01. The number of carbonyl (C=O) groups is 1. The molecule has 0 spiro atoms. The van der Waals surface area contributed by atoms with Gasteiger partial charge in [-0.3, -0.25) is 0 Å². The molecule has 1 fully saturated rings. The first kappa shape index (κ1) is 14.1. The zero-order valence-corrected chi connectivity index (χ0v) is 11.4. The highest BCUT2D eigenvalue weighted by Crippen LogP contribution is 2.42. The number of hydrogen-bond donors (Lipinski definition) is 0. The van der Waals surface area contributed by atoms with Crippen LogP contribution >= 0.6 is 0 Å². The molecule has 0 amide bonds. The van der Waals surface area contributed by atoms with Crippen LogP contribution in [0.5, 0.6) is 0 Å². The van der Waals surface area contributed by atoms with Crippen LogP contribution in [-0.4, -0.2) is 19.7 Å². The van der Waals surface area contributed by atoms with E-state index in [4.69, 9.17) is 4.74 Å². The summed E-state index contributed by atoms with van der Waals surface area (Å²) in [4.78, 5) is 11.9. The first-order valence-electron chi connectivity index (χ1n) is 6.97. The molecule has 1 aromatic rings. The van der Waals surface area contributed by atoms with Gasteiger partial charge in [0, 0.05) is 7.11 Å². The maximum Gasteiger partial charge on any atom is 0.368 e. The van der Waals surface area contributed by atoms with Gasteiger partial charge < -0.3 is 4.74 Å². The lowest BCUT2D eigenvalue weighted by molar-refractivity contribution is -0.156. The second-order valence-electron chi connectivity index (χ2n) is 5.39. The molecule has 0 bridgehead atoms. The van der Waals surface area contributed by atoms with Crippen LogP contribution in [0.2, 0.25) is 0 Å². The van der Waals surface area contributed by atoms with Gasteiger partial charge in [-0.05, 0) is 24.3 Å². The summed E-state index contributed by atoms with van der Waals surface area (Å²) in [7, 11) is 1.56. The Bertz CT molecular complexity index is 409. The van der Waals surface area contributed by atoms with Gasteiger partial charge in [0.05, 0.1) is 6.61 Å². The smallest absolute Gasteiger partial charge is 0.368 e. The van der Waals surface area contributed by atoms with Crippen LogP contribution in [0.1, 0.15) is 37.7 Å². The third-order valence-electron chi connectivity index (χ3n) is 4.33. The molecule has 3 heteroatoms. The molecule has 0 heterocycles. The number of benzene rings is 1. The lowest BCUT2D eigenvalue weighted by atomic mass is 9.65. The quantitative estimate of drug-likeness (QED) is 0.817. The van der Waals surface area contributed by atoms with Crippen molar-refractivity contribution in [3.63, 3.8) is 0 Å². The first-order chi connectivity index (χ1) is 9.21. The minimum Gasteiger partial charge on any atom is -0.383 e. The molecule has 103 valence electrons. The fourth-order valence-electron chi connectivity index (χ4n) is 3.34. The standard InChI is InChI=1S/C16H21O3/c1-19-12-16(15(17)18,13-8-4-2-5-9-13)14-10-6-3-7-11-14/h2,4-5,8-9,14H,3,6-7,10-12H2,1H3. The summed E-state index contributed by atoms with van der Waals surface area (Å²) in [5, 5.41) is 11.9. The lowest BCUT2D eigenvalue weighted by Gasteiger charge is -2.38. The summed E-state index contributed by atoms with van der Waals surface area (Å²) in [6, 6.07) is 9.42. The summed E-state index contributed by atoms with van der Waals surface area (Å²) in [5.41, 5.74) is -0.195. The van der Waals surface area contributed by atoms with Crippen molar-refractivity contribution in [3.8, 4) is 0 Å². The van der Waals surface area contributed by atoms with Gasteiger partial charge in [-0.1, -0.05) is 49.6 Å². The topological polar surface area (TPSA) is 46.2 Å². The molecule has 0 saturated heterocycles. The van der Waals surface area contributed by atoms with Gasteiger partial charge >= 0.3 is 5.97 Å². The summed E-state index contributed by atoms with van der Waals surface area (Å²) in [6.45, 7) is 0.185. The predicted octanol–water partition coefficient (Wildman–Crippen LogP) is 3.11. The molecule has 1 unspecified atom stereocenters. The van der Waals surface area contributed by atoms with E-state index in [9.17, 15) is 9.90 Å². The van der Waals surface area contributed by atoms with Crippen molar-refractivity contribution >= 4 is 5.97 Å². The van der Waals surface area contributed by atoms with Crippen LogP contribution < -0.4 is 0 Å². The van der Waals surface area contributed by atoms with Crippen LogP contribution in [0.15, 0.2) is 30.3 Å². The van der Waals surface area contributed by atoms with Gasteiger partial charge in [0.2, 0.25) is 0 Å². The summed E-state index contributed by atoms with van der Waals surface area (Å²) in [5.74, 6) is -0.902. The van der Waals surface area contributed by atoms with Gasteiger partial charge in [0.1, 0.15) is 5.41 Å². The zero-order valence-electron chi connectivity index (χ0n) is 11.4. The van der Waals surface area contributed by atoms with E-state index < -0.39 is 11.4 Å². The molecule has 0 aliphatic heterocycles. The molecular weight excluding hydrogens is 240 g/mol. The van der Waals surface area contributed by atoms with E-state index >= 15 is 0 Å². The number of carbonyl (C=O) groups excluding carboxylic acids is 1. The van der Waals surface area contributed by atoms with Gasteiger partial charge in [0.25, 0.3) is 0 Å². The van der Waals surface area contributed by atoms with Crippen molar-refractivity contribution in [1.29, 1.82) is 0 Å². The van der Waals surface area contributed by atoms with E-state index in [0.717, 1.165) is 31.2 Å². The monoisotopic (exact) mass is 261 g/mol. The average molecular weight is 261 g/mol. The Balaban J connectivity index is 2.43. The second-order valence-corrected chi connectivity index (χ2v) is 5.39. The number of hydrogen-bond acceptors (Lipinski definition) is 2. The van der Waals surface area contributed by atoms with E-state index in [1.807, 2.05) is 30.3 Å². The molecule has 1 aromatic carbocycles. The fourth-order valence-corrected chi connectivity index (χ4v) is 3.34. The molecule has 1 aliphatic rings. The normalized spacial score (nSPS) is 19.8. The molecule has 1 aliphatic carbocycles. The highest BCUT2D eigenvalue weighted by Gasteiger charge is 2.48. The second kappa shape index (κ2) is 6.20. The van der Waals surface area contributed by atoms with E-state index in [1.165, 1.54) is 6.42 Å². The Kier molecular flexibility index (Phi) is 4.59. The fraction of sp³-hybridized carbons (Fsp3) is 0.562. The Labute approximate surface area is 114 Å². The zero-order chi connectivity index (χ0) is 13.7. The van der Waals surface area contributed by atoms with Gasteiger partial charge in [-0.2, -0.15) is 0 Å². The molecule has 19 heavy (non-hydrogen) atoms. The van der Waals surface area contributed by atoms with Crippen LogP contribution in [0.3, 0.4) is 0 Å². The average Bonchev–Trinajstić information content (AvgIpc) is 2.46. The highest BCUT2D eigenvalue weighted by molar-refractivity contribution is 5.81. The molecule has 2 rings (SSSR count). The third-order valence-corrected chi connectivity index (χ3v) is 4.33. The van der Waals surface area contributed by atoms with Crippen molar-refractivity contribution in [2.24, 2.45) is 5.92 Å². The van der Waals surface area contributed by atoms with E-state index in [0.29, 0.717) is 0 Å². The SMILES string of the molecule is COCC(C([O])=O)(c1ccccc1)C1CCCCC1. The summed E-state index contributed by atoms with van der Waals surface area (Å²) in [6.07, 6.45) is 5.26. The summed E-state index contributed by atoms with van der Waals surface area (Å²) < 4.78 is 5.26. The Morgan fingerprint density at radius 3 is 2.37 bits per heavy atom. The van der Waals surface area contributed by atoms with Gasteiger partial charge in [-0.25, -0.2) is 9.90 Å². The van der Waals surface area contributed by atoms with Crippen molar-refractivity contribution in [3.05, 3.63) is 35.9 Å². The molecule has 0 aromatic heterocycles. The summed E-state index contributed by atoms with van der Waals surface area (Å²) >= 11 is 0. The molecule has 1 radical (unpaired) electrons. The van der Waals surface area contributed by atoms with Crippen molar-refractivity contribution < 1.29 is 14.6 Å². The Morgan fingerprint density at radius 2 is 1.84 bits per heavy atom. The largest absolute Gasteiger partial charge is 0.383 e. The van der Waals surface area contributed by atoms with E-state index in [2.05, 4.69) is 0 Å². The molecule has 3 nitrogen and oxygen atoms in total. The maximum absolute atomic E-state index is 11.9. The molecule has 1 saturated carbocycles. The molecule has 0 N–H and O–H groups in total. The lowest BCUT2D eigenvalue weighted by Crippen LogP contribution is -2.47. The maximum atomic E-state index is 11.9.